The molecule has 0 aliphatic carbocycles. The molecule has 6 nitrogen and oxygen atoms in total. The van der Waals surface area contributed by atoms with Crippen molar-refractivity contribution in [1.82, 2.24) is 10.2 Å². The van der Waals surface area contributed by atoms with Gasteiger partial charge in [0.25, 0.3) is 0 Å². The molecule has 26 heavy (non-hydrogen) atoms. The van der Waals surface area contributed by atoms with Gasteiger partial charge in [-0.15, -0.1) is 12.4 Å². The van der Waals surface area contributed by atoms with Gasteiger partial charge in [0.05, 0.1) is 13.0 Å². The number of carbonyl (C=O) groups excluding carboxylic acids is 2. The van der Waals surface area contributed by atoms with Gasteiger partial charge in [-0.25, -0.2) is 0 Å². The van der Waals surface area contributed by atoms with Gasteiger partial charge in [-0.3, -0.25) is 9.59 Å². The molecule has 0 spiro atoms. The largest absolute Gasteiger partial charge is 0.493 e. The lowest BCUT2D eigenvalue weighted by Crippen LogP contribution is -2.43. The third kappa shape index (κ3) is 7.62. The molecule has 2 rings (SSSR count). The summed E-state index contributed by atoms with van der Waals surface area (Å²) in [4.78, 5) is 26.2. The maximum absolute atomic E-state index is 12.2. The molecular formula is C19H30ClN3O3. The second-order valence-electron chi connectivity index (χ2n) is 6.62. The standard InChI is InChI=1S/C19H29N3O3.ClH/c1-15(20)7-11-21-19(24)16-8-12-22(13-9-16)18(23)10-14-25-17-5-3-2-4-6-17;/h2-6,15-16H,7-14,20H2,1H3,(H,21,24);1H. The first kappa shape index (κ1) is 22.3. The molecule has 1 aromatic rings. The zero-order valence-corrected chi connectivity index (χ0v) is 16.2. The van der Waals surface area contributed by atoms with Gasteiger partial charge in [0, 0.05) is 31.6 Å². The van der Waals surface area contributed by atoms with E-state index in [4.69, 9.17) is 10.5 Å². The summed E-state index contributed by atoms with van der Waals surface area (Å²) in [6.45, 7) is 4.19. The van der Waals surface area contributed by atoms with Crippen molar-refractivity contribution in [2.45, 2.75) is 38.6 Å². The van der Waals surface area contributed by atoms with Gasteiger partial charge in [0.1, 0.15) is 5.75 Å². The van der Waals surface area contributed by atoms with Crippen molar-refractivity contribution in [1.29, 1.82) is 0 Å². The third-order valence-electron chi connectivity index (χ3n) is 4.45. The lowest BCUT2D eigenvalue weighted by molar-refractivity contribution is -0.136. The molecule has 1 unspecified atom stereocenters. The zero-order chi connectivity index (χ0) is 18.1. The number of rotatable bonds is 8. The van der Waals surface area contributed by atoms with E-state index < -0.39 is 0 Å². The van der Waals surface area contributed by atoms with Gasteiger partial charge in [-0.2, -0.15) is 0 Å². The van der Waals surface area contributed by atoms with Crippen LogP contribution in [0.5, 0.6) is 5.75 Å². The summed E-state index contributed by atoms with van der Waals surface area (Å²) in [5.41, 5.74) is 5.68. The minimum absolute atomic E-state index is 0. The Morgan fingerprint density at radius 3 is 2.54 bits per heavy atom. The van der Waals surface area contributed by atoms with E-state index >= 15 is 0 Å². The number of ether oxygens (including phenoxy) is 1. The smallest absolute Gasteiger partial charge is 0.225 e. The predicted molar refractivity (Wildman–Crippen MR) is 104 cm³/mol. The summed E-state index contributed by atoms with van der Waals surface area (Å²) in [5.74, 6) is 0.946. The summed E-state index contributed by atoms with van der Waals surface area (Å²) >= 11 is 0. The van der Waals surface area contributed by atoms with Crippen LogP contribution < -0.4 is 15.8 Å². The van der Waals surface area contributed by atoms with E-state index in [9.17, 15) is 9.59 Å². The number of nitrogens with two attached hydrogens (primary N) is 1. The van der Waals surface area contributed by atoms with E-state index in [2.05, 4.69) is 5.32 Å². The third-order valence-corrected chi connectivity index (χ3v) is 4.45. The number of benzene rings is 1. The number of piperidine rings is 1. The Balaban J connectivity index is 0.00000338. The maximum Gasteiger partial charge on any atom is 0.225 e. The number of amides is 2. The predicted octanol–water partition coefficient (Wildman–Crippen LogP) is 1.97. The van der Waals surface area contributed by atoms with Crippen LogP contribution >= 0.6 is 12.4 Å². The van der Waals surface area contributed by atoms with Crippen molar-refractivity contribution in [3.8, 4) is 5.75 Å². The van der Waals surface area contributed by atoms with Crippen LogP contribution in [0.15, 0.2) is 30.3 Å². The van der Waals surface area contributed by atoms with Gasteiger partial charge in [-0.05, 0) is 38.3 Å². The number of nitrogens with one attached hydrogen (secondary N) is 1. The Hall–Kier alpha value is -1.79. The highest BCUT2D eigenvalue weighted by Gasteiger charge is 2.26. The molecule has 1 aliphatic rings. The number of likely N-dealkylation sites (tertiary alicyclic amines) is 1. The van der Waals surface area contributed by atoms with E-state index in [1.54, 1.807) is 0 Å². The molecule has 0 aromatic heterocycles. The van der Waals surface area contributed by atoms with Gasteiger partial charge >= 0.3 is 0 Å². The molecule has 1 fully saturated rings. The molecule has 3 N–H and O–H groups in total. The van der Waals surface area contributed by atoms with E-state index in [0.717, 1.165) is 25.0 Å². The molecule has 1 heterocycles. The fourth-order valence-corrected chi connectivity index (χ4v) is 2.89. The number of halogens is 1. The van der Waals surface area contributed by atoms with Crippen LogP contribution in [0.3, 0.4) is 0 Å². The van der Waals surface area contributed by atoms with Crippen LogP contribution in [0.2, 0.25) is 0 Å². The fraction of sp³-hybridized carbons (Fsp3) is 0.579. The van der Waals surface area contributed by atoms with Gasteiger partial charge < -0.3 is 20.7 Å². The first-order chi connectivity index (χ1) is 12.1. The average Bonchev–Trinajstić information content (AvgIpc) is 2.62. The molecule has 1 saturated heterocycles. The summed E-state index contributed by atoms with van der Waals surface area (Å²) in [6, 6.07) is 9.58. The number of hydrogen-bond donors (Lipinski definition) is 2. The summed E-state index contributed by atoms with van der Waals surface area (Å²) in [5, 5.41) is 2.94. The molecular weight excluding hydrogens is 354 g/mol. The van der Waals surface area contributed by atoms with Crippen molar-refractivity contribution in [3.63, 3.8) is 0 Å². The Morgan fingerprint density at radius 2 is 1.92 bits per heavy atom. The lowest BCUT2D eigenvalue weighted by Gasteiger charge is -2.31. The van der Waals surface area contributed by atoms with Crippen LogP contribution in [0, 0.1) is 5.92 Å². The van der Waals surface area contributed by atoms with Crippen LogP contribution in [0.4, 0.5) is 0 Å². The summed E-state index contributed by atoms with van der Waals surface area (Å²) < 4.78 is 5.57. The molecule has 146 valence electrons. The first-order valence-electron chi connectivity index (χ1n) is 9.05. The van der Waals surface area contributed by atoms with Crippen molar-refractivity contribution >= 4 is 24.2 Å². The number of carbonyl (C=O) groups is 2. The van der Waals surface area contributed by atoms with Crippen molar-refractivity contribution in [3.05, 3.63) is 30.3 Å². The minimum Gasteiger partial charge on any atom is -0.493 e. The Morgan fingerprint density at radius 1 is 1.27 bits per heavy atom. The topological polar surface area (TPSA) is 84.7 Å². The number of hydrogen-bond acceptors (Lipinski definition) is 4. The molecule has 7 heteroatoms. The highest BCUT2D eigenvalue weighted by atomic mass is 35.5. The van der Waals surface area contributed by atoms with Crippen LogP contribution in [-0.4, -0.2) is 49.0 Å². The molecule has 0 saturated carbocycles. The summed E-state index contributed by atoms with van der Waals surface area (Å²) in [7, 11) is 0. The number of nitrogens with zero attached hydrogens (tertiary/aromatic N) is 1. The van der Waals surface area contributed by atoms with Crippen molar-refractivity contribution < 1.29 is 14.3 Å². The normalized spacial score (nSPS) is 15.7. The van der Waals surface area contributed by atoms with Gasteiger partial charge in [-0.1, -0.05) is 18.2 Å². The fourth-order valence-electron chi connectivity index (χ4n) is 2.89. The molecule has 1 aromatic carbocycles. The quantitative estimate of drug-likeness (QED) is 0.718. The monoisotopic (exact) mass is 383 g/mol. The second-order valence-corrected chi connectivity index (χ2v) is 6.62. The average molecular weight is 384 g/mol. The highest BCUT2D eigenvalue weighted by molar-refractivity contribution is 5.85. The Labute approximate surface area is 161 Å². The Kier molecular flexibility index (Phi) is 10.1. The first-order valence-corrected chi connectivity index (χ1v) is 9.05. The SMILES string of the molecule is CC(N)CCNC(=O)C1CCN(C(=O)CCOc2ccccc2)CC1.Cl. The van der Waals surface area contributed by atoms with Crippen LogP contribution in [0.1, 0.15) is 32.6 Å². The van der Waals surface area contributed by atoms with E-state index in [1.807, 2.05) is 42.2 Å². The zero-order valence-electron chi connectivity index (χ0n) is 15.4. The van der Waals surface area contributed by atoms with Gasteiger partial charge in [0.15, 0.2) is 0 Å². The highest BCUT2D eigenvalue weighted by Crippen LogP contribution is 2.18. The molecule has 0 bridgehead atoms. The molecule has 1 aliphatic heterocycles. The molecule has 0 radical (unpaired) electrons. The molecule has 2 amide bonds. The van der Waals surface area contributed by atoms with Crippen LogP contribution in [-0.2, 0) is 9.59 Å². The Bertz CT molecular complexity index is 546. The van der Waals surface area contributed by atoms with Crippen LogP contribution in [0.25, 0.3) is 0 Å². The van der Waals surface area contributed by atoms with Crippen molar-refractivity contribution in [2.75, 3.05) is 26.2 Å². The second kappa shape index (κ2) is 11.8. The summed E-state index contributed by atoms with van der Waals surface area (Å²) in [6.07, 6.45) is 2.58. The van der Waals surface area contributed by atoms with E-state index in [-0.39, 0.29) is 36.2 Å². The lowest BCUT2D eigenvalue weighted by atomic mass is 9.95. The minimum atomic E-state index is -0.00213. The maximum atomic E-state index is 12.2. The number of para-hydroxylation sites is 1. The van der Waals surface area contributed by atoms with E-state index in [1.165, 1.54) is 0 Å². The van der Waals surface area contributed by atoms with E-state index in [0.29, 0.717) is 32.7 Å². The van der Waals surface area contributed by atoms with Crippen molar-refractivity contribution in [2.24, 2.45) is 11.7 Å². The molecule has 1 atom stereocenters. The van der Waals surface area contributed by atoms with Gasteiger partial charge in [0.2, 0.25) is 11.8 Å².